The number of fused-ring (bicyclic) bond motifs is 1. The van der Waals surface area contributed by atoms with Crippen LogP contribution < -0.4 is 10.6 Å². The summed E-state index contributed by atoms with van der Waals surface area (Å²) in [5.41, 5.74) is 7.31. The topological polar surface area (TPSA) is 109 Å². The number of carbonyl (C=O) groups is 2. The van der Waals surface area contributed by atoms with Crippen LogP contribution in [0.3, 0.4) is 0 Å². The van der Waals surface area contributed by atoms with Crippen molar-refractivity contribution in [1.82, 2.24) is 9.97 Å². The lowest BCUT2D eigenvalue weighted by Gasteiger charge is -2.41. The maximum absolute atomic E-state index is 12.1. The van der Waals surface area contributed by atoms with Crippen molar-refractivity contribution >= 4 is 23.5 Å². The van der Waals surface area contributed by atoms with Crippen molar-refractivity contribution in [3.8, 4) is 0 Å². The van der Waals surface area contributed by atoms with Crippen molar-refractivity contribution in [2.24, 2.45) is 11.8 Å². The number of hydrogen-bond acceptors (Lipinski definition) is 5. The number of aromatic nitrogens is 2. The van der Waals surface area contributed by atoms with Gasteiger partial charge >= 0.3 is 5.97 Å². The number of benzene rings is 1. The molecule has 7 heteroatoms. The van der Waals surface area contributed by atoms with Crippen LogP contribution in [-0.2, 0) is 11.2 Å². The number of nitrogen functional groups attached to an aromatic ring is 1. The fourth-order valence-corrected chi connectivity index (χ4v) is 3.80. The minimum atomic E-state index is -0.917. The van der Waals surface area contributed by atoms with E-state index in [1.165, 1.54) is 12.8 Å². The van der Waals surface area contributed by atoms with E-state index in [1.807, 2.05) is 4.90 Å². The molecule has 142 valence electrons. The summed E-state index contributed by atoms with van der Waals surface area (Å²) in [6.07, 6.45) is 6.44. The van der Waals surface area contributed by atoms with Crippen LogP contribution >= 0.6 is 0 Å². The van der Waals surface area contributed by atoms with Crippen LogP contribution in [0.2, 0.25) is 0 Å². The van der Waals surface area contributed by atoms with Crippen LogP contribution in [0.1, 0.15) is 42.6 Å². The number of anilines is 2. The van der Waals surface area contributed by atoms with Gasteiger partial charge in [-0.05, 0) is 60.9 Å². The third-order valence-electron chi connectivity index (χ3n) is 5.04. The first-order valence-corrected chi connectivity index (χ1v) is 9.07. The molecule has 1 fully saturated rings. The van der Waals surface area contributed by atoms with Gasteiger partial charge in [0.15, 0.2) is 0 Å². The van der Waals surface area contributed by atoms with Gasteiger partial charge in [-0.1, -0.05) is 6.92 Å². The van der Waals surface area contributed by atoms with Gasteiger partial charge in [0, 0.05) is 31.0 Å². The molecule has 2 aromatic rings. The van der Waals surface area contributed by atoms with Gasteiger partial charge in [-0.2, -0.15) is 0 Å². The third kappa shape index (κ3) is 4.24. The van der Waals surface area contributed by atoms with Crippen LogP contribution in [-0.4, -0.2) is 33.0 Å². The molecule has 0 saturated heterocycles. The number of amides is 1. The molecule has 0 bridgehead atoms. The smallest absolute Gasteiger partial charge is 0.335 e. The normalized spacial score (nSPS) is 20.9. The van der Waals surface area contributed by atoms with E-state index in [1.54, 1.807) is 43.6 Å². The zero-order valence-corrected chi connectivity index (χ0v) is 15.5. The zero-order chi connectivity index (χ0) is 19.6. The molecular formula is C20H24N4O3. The van der Waals surface area contributed by atoms with Crippen molar-refractivity contribution in [2.75, 3.05) is 10.6 Å². The molecule has 1 unspecified atom stereocenters. The van der Waals surface area contributed by atoms with Crippen LogP contribution in [0, 0.1) is 11.8 Å². The second-order valence-corrected chi connectivity index (χ2v) is 7.15. The van der Waals surface area contributed by atoms with E-state index < -0.39 is 5.97 Å². The molecule has 0 spiro atoms. The average molecular weight is 368 g/mol. The van der Waals surface area contributed by atoms with E-state index in [0.29, 0.717) is 23.3 Å². The van der Waals surface area contributed by atoms with E-state index in [4.69, 9.17) is 10.8 Å². The number of nitrogens with zero attached hydrogens (tertiary/aromatic N) is 3. The lowest BCUT2D eigenvalue weighted by molar-refractivity contribution is -0.117. The number of rotatable bonds is 2. The van der Waals surface area contributed by atoms with E-state index in [2.05, 4.69) is 16.9 Å². The summed E-state index contributed by atoms with van der Waals surface area (Å²) in [5.74, 6) is 0.448. The summed E-state index contributed by atoms with van der Waals surface area (Å²) >= 11 is 0. The monoisotopic (exact) mass is 368 g/mol. The number of aromatic carboxylic acids is 1. The number of carbonyl (C=O) groups excluding carboxylic acids is 1. The first-order chi connectivity index (χ1) is 12.9. The molecule has 27 heavy (non-hydrogen) atoms. The van der Waals surface area contributed by atoms with Gasteiger partial charge in [0.1, 0.15) is 0 Å². The van der Waals surface area contributed by atoms with Gasteiger partial charge in [0.2, 0.25) is 11.9 Å². The fourth-order valence-electron chi connectivity index (χ4n) is 3.80. The van der Waals surface area contributed by atoms with Crippen molar-refractivity contribution in [2.45, 2.75) is 39.2 Å². The number of carboxylic acid groups (broad SMARTS) is 1. The Kier molecular flexibility index (Phi) is 5.39. The van der Waals surface area contributed by atoms with Crippen molar-refractivity contribution < 1.29 is 14.7 Å². The Balaban J connectivity index is 0.000000253. The maximum atomic E-state index is 12.1. The minimum Gasteiger partial charge on any atom is -0.478 e. The Morgan fingerprint density at radius 1 is 1.22 bits per heavy atom. The minimum absolute atomic E-state index is 0.0535. The van der Waals surface area contributed by atoms with Crippen LogP contribution in [0.25, 0.3) is 0 Å². The lowest BCUT2D eigenvalue weighted by Crippen LogP contribution is -2.48. The largest absolute Gasteiger partial charge is 0.478 e. The molecular weight excluding hydrogens is 344 g/mol. The molecule has 0 radical (unpaired) electrons. The molecule has 1 saturated carbocycles. The summed E-state index contributed by atoms with van der Waals surface area (Å²) in [4.78, 5) is 32.4. The van der Waals surface area contributed by atoms with Gasteiger partial charge in [-0.15, -0.1) is 0 Å². The van der Waals surface area contributed by atoms with Crippen molar-refractivity contribution in [1.29, 1.82) is 0 Å². The lowest BCUT2D eigenvalue weighted by atomic mass is 9.83. The van der Waals surface area contributed by atoms with Crippen LogP contribution in [0.5, 0.6) is 0 Å². The van der Waals surface area contributed by atoms with E-state index in [-0.39, 0.29) is 11.9 Å². The van der Waals surface area contributed by atoms with Gasteiger partial charge in [-0.3, -0.25) is 4.79 Å². The highest BCUT2D eigenvalue weighted by Crippen LogP contribution is 2.45. The molecule has 7 nitrogen and oxygen atoms in total. The Bertz CT molecular complexity index is 836. The SMILES string of the molecule is CC(=O)N1c2ccc(C(=O)O)cc2CC(C)[C@@H]1C1CC1.Nc1ncccn1. The molecule has 2 aliphatic rings. The van der Waals surface area contributed by atoms with E-state index in [9.17, 15) is 9.59 Å². The Morgan fingerprint density at radius 2 is 1.89 bits per heavy atom. The van der Waals surface area contributed by atoms with Gasteiger partial charge < -0.3 is 15.7 Å². The predicted octanol–water partition coefficient (Wildman–Crippen LogP) is 2.77. The fraction of sp³-hybridized carbons (Fsp3) is 0.400. The third-order valence-corrected chi connectivity index (χ3v) is 5.04. The standard InChI is InChI=1S/C16H19NO3.C4H5N3/c1-9-7-13-8-12(16(19)20)5-6-14(13)17(10(2)18)15(9)11-3-4-11;5-4-6-2-1-3-7-4/h5-6,8-9,11,15H,3-4,7H2,1-2H3,(H,19,20);1-3H,(H2,5,6,7)/t9?,15-;/m1./s1. The van der Waals surface area contributed by atoms with Crippen LogP contribution in [0.15, 0.2) is 36.7 Å². The molecule has 3 N–H and O–H groups in total. The highest BCUT2D eigenvalue weighted by Gasteiger charge is 2.43. The molecule has 4 rings (SSSR count). The summed E-state index contributed by atoms with van der Waals surface area (Å²) < 4.78 is 0. The van der Waals surface area contributed by atoms with Gasteiger partial charge in [-0.25, -0.2) is 14.8 Å². The van der Waals surface area contributed by atoms with Gasteiger partial charge in [0.05, 0.1) is 5.56 Å². The number of hydrogen-bond donors (Lipinski definition) is 2. The molecule has 1 aliphatic heterocycles. The summed E-state index contributed by atoms with van der Waals surface area (Å²) in [6.45, 7) is 3.76. The molecule has 2 atom stereocenters. The maximum Gasteiger partial charge on any atom is 0.335 e. The molecule has 1 aromatic heterocycles. The summed E-state index contributed by atoms with van der Waals surface area (Å²) in [6, 6.07) is 7.10. The van der Waals surface area contributed by atoms with E-state index >= 15 is 0 Å². The first kappa shape index (κ1) is 18.8. The molecule has 1 amide bonds. The average Bonchev–Trinajstić information content (AvgIpc) is 3.45. The zero-order valence-electron chi connectivity index (χ0n) is 15.5. The second-order valence-electron chi connectivity index (χ2n) is 7.15. The molecule has 2 heterocycles. The molecule has 1 aliphatic carbocycles. The van der Waals surface area contributed by atoms with Gasteiger partial charge in [0.25, 0.3) is 0 Å². The Hall–Kier alpha value is -2.96. The highest BCUT2D eigenvalue weighted by atomic mass is 16.4. The van der Waals surface area contributed by atoms with Crippen LogP contribution in [0.4, 0.5) is 11.6 Å². The Morgan fingerprint density at radius 3 is 2.37 bits per heavy atom. The summed E-state index contributed by atoms with van der Waals surface area (Å²) in [5, 5.41) is 9.10. The van der Waals surface area contributed by atoms with Crippen molar-refractivity contribution in [3.63, 3.8) is 0 Å². The second kappa shape index (κ2) is 7.73. The van der Waals surface area contributed by atoms with E-state index in [0.717, 1.165) is 17.7 Å². The predicted molar refractivity (Wildman–Crippen MR) is 102 cm³/mol. The summed E-state index contributed by atoms with van der Waals surface area (Å²) in [7, 11) is 0. The number of nitrogens with two attached hydrogens (primary N) is 1. The Labute approximate surface area is 158 Å². The number of carboxylic acids is 1. The first-order valence-electron chi connectivity index (χ1n) is 9.07. The quantitative estimate of drug-likeness (QED) is 0.843. The molecule has 1 aromatic carbocycles. The van der Waals surface area contributed by atoms with Crippen molar-refractivity contribution in [3.05, 3.63) is 47.8 Å². The highest BCUT2D eigenvalue weighted by molar-refractivity contribution is 5.95.